The fourth-order valence-corrected chi connectivity index (χ4v) is 3.88. The van der Waals surface area contributed by atoms with Crippen molar-refractivity contribution < 1.29 is 17.2 Å². The predicted molar refractivity (Wildman–Crippen MR) is 94.4 cm³/mol. The zero-order valence-corrected chi connectivity index (χ0v) is 14.1. The summed E-state index contributed by atoms with van der Waals surface area (Å²) in [4.78, 5) is 7.72. The molecular weight excluding hydrogens is 357 g/mol. The molecule has 2 aromatic carbocycles. The molecule has 8 heteroatoms. The Morgan fingerprint density at radius 3 is 2.58 bits per heavy atom. The van der Waals surface area contributed by atoms with Gasteiger partial charge >= 0.3 is 0 Å². The van der Waals surface area contributed by atoms with Crippen LogP contribution in [0.15, 0.2) is 76.6 Å². The summed E-state index contributed by atoms with van der Waals surface area (Å²) in [6.07, 6.45) is 4.30. The Hall–Kier alpha value is -3.26. The number of nitrogens with one attached hydrogen (secondary N) is 1. The van der Waals surface area contributed by atoms with Crippen LogP contribution in [0.25, 0.3) is 22.2 Å². The molecular formula is C18H12FN3O3S. The molecule has 0 atom stereocenters. The van der Waals surface area contributed by atoms with Crippen molar-refractivity contribution in [3.63, 3.8) is 0 Å². The number of rotatable bonds is 4. The number of pyridine rings is 1. The smallest absolute Gasteiger partial charge is 0.262 e. The maximum atomic E-state index is 13.9. The summed E-state index contributed by atoms with van der Waals surface area (Å²) in [5.74, 6) is 0.00553. The van der Waals surface area contributed by atoms with Crippen LogP contribution in [0, 0.1) is 5.82 Å². The van der Waals surface area contributed by atoms with Gasteiger partial charge < -0.3 is 4.42 Å². The quantitative estimate of drug-likeness (QED) is 0.591. The summed E-state index contributed by atoms with van der Waals surface area (Å²) in [5, 5.41) is 0.221. The van der Waals surface area contributed by atoms with E-state index in [1.165, 1.54) is 24.7 Å². The highest BCUT2D eigenvalue weighted by Crippen LogP contribution is 2.27. The molecule has 0 radical (unpaired) electrons. The standard InChI is InChI=1S/C18H12FN3O3S/c19-15-7-8-17(14-2-1-9-21-18(14)15)26(23,24)22-13-5-3-12(4-6-13)16-10-20-11-25-16/h1-11,22H. The molecule has 26 heavy (non-hydrogen) atoms. The predicted octanol–water partition coefficient (Wildman–Crippen LogP) is 3.83. The van der Waals surface area contributed by atoms with E-state index in [1.54, 1.807) is 36.5 Å². The van der Waals surface area contributed by atoms with Crippen LogP contribution >= 0.6 is 0 Å². The number of anilines is 1. The minimum Gasteiger partial charge on any atom is -0.444 e. The van der Waals surface area contributed by atoms with Crippen molar-refractivity contribution in [2.24, 2.45) is 0 Å². The fraction of sp³-hybridized carbons (Fsp3) is 0. The first-order valence-electron chi connectivity index (χ1n) is 7.59. The first kappa shape index (κ1) is 16.2. The molecule has 0 saturated heterocycles. The highest BCUT2D eigenvalue weighted by molar-refractivity contribution is 7.93. The van der Waals surface area contributed by atoms with E-state index < -0.39 is 15.8 Å². The molecule has 0 amide bonds. The Balaban J connectivity index is 1.69. The summed E-state index contributed by atoms with van der Waals surface area (Å²) in [6, 6.07) is 12.0. The number of sulfonamides is 1. The molecule has 0 unspecified atom stereocenters. The largest absolute Gasteiger partial charge is 0.444 e. The molecule has 0 spiro atoms. The van der Waals surface area contributed by atoms with Gasteiger partial charge in [0.15, 0.2) is 12.2 Å². The average Bonchev–Trinajstić information content (AvgIpc) is 3.17. The van der Waals surface area contributed by atoms with Crippen LogP contribution in [0.1, 0.15) is 0 Å². The van der Waals surface area contributed by atoms with Crippen LogP contribution in [0.3, 0.4) is 0 Å². The van der Waals surface area contributed by atoms with Crippen molar-refractivity contribution in [2.75, 3.05) is 4.72 Å². The van der Waals surface area contributed by atoms with Gasteiger partial charge in [0.25, 0.3) is 10.0 Å². The van der Waals surface area contributed by atoms with Gasteiger partial charge in [-0.1, -0.05) is 0 Å². The van der Waals surface area contributed by atoms with Gasteiger partial charge in [0, 0.05) is 22.8 Å². The number of fused-ring (bicyclic) bond motifs is 1. The van der Waals surface area contributed by atoms with E-state index in [4.69, 9.17) is 4.42 Å². The van der Waals surface area contributed by atoms with Crippen LogP contribution < -0.4 is 4.72 Å². The zero-order valence-electron chi connectivity index (χ0n) is 13.3. The van der Waals surface area contributed by atoms with Gasteiger partial charge in [-0.15, -0.1) is 0 Å². The second kappa shape index (κ2) is 6.23. The van der Waals surface area contributed by atoms with Crippen molar-refractivity contribution in [2.45, 2.75) is 4.90 Å². The maximum Gasteiger partial charge on any atom is 0.262 e. The van der Waals surface area contributed by atoms with Crippen LogP contribution in [0.4, 0.5) is 10.1 Å². The molecule has 0 fully saturated rings. The molecule has 2 aromatic heterocycles. The number of hydrogen-bond donors (Lipinski definition) is 1. The van der Waals surface area contributed by atoms with Crippen LogP contribution in [0.5, 0.6) is 0 Å². The van der Waals surface area contributed by atoms with Crippen molar-refractivity contribution in [3.8, 4) is 11.3 Å². The Kier molecular flexibility index (Phi) is 3.89. The number of halogens is 1. The molecule has 0 aliphatic carbocycles. The second-order valence-corrected chi connectivity index (χ2v) is 7.14. The van der Waals surface area contributed by atoms with Crippen molar-refractivity contribution in [1.82, 2.24) is 9.97 Å². The van der Waals surface area contributed by atoms with Gasteiger partial charge in [-0.25, -0.2) is 17.8 Å². The monoisotopic (exact) mass is 369 g/mol. The summed E-state index contributed by atoms with van der Waals surface area (Å²) in [6.45, 7) is 0. The summed E-state index contributed by atoms with van der Waals surface area (Å²) in [5.41, 5.74) is 1.15. The first-order valence-corrected chi connectivity index (χ1v) is 9.08. The molecule has 0 bridgehead atoms. The lowest BCUT2D eigenvalue weighted by Crippen LogP contribution is -2.13. The highest BCUT2D eigenvalue weighted by Gasteiger charge is 2.19. The second-order valence-electron chi connectivity index (χ2n) is 5.49. The van der Waals surface area contributed by atoms with Gasteiger partial charge in [0.1, 0.15) is 11.3 Å². The Morgan fingerprint density at radius 1 is 1.04 bits per heavy atom. The van der Waals surface area contributed by atoms with Crippen molar-refractivity contribution in [1.29, 1.82) is 0 Å². The highest BCUT2D eigenvalue weighted by atomic mass is 32.2. The molecule has 0 aliphatic rings. The topological polar surface area (TPSA) is 85.1 Å². The Bertz CT molecular complexity index is 1170. The lowest BCUT2D eigenvalue weighted by atomic mass is 10.2. The number of oxazole rings is 1. The van der Waals surface area contributed by atoms with Gasteiger partial charge in [0.05, 0.1) is 11.1 Å². The fourth-order valence-electron chi connectivity index (χ4n) is 2.62. The minimum atomic E-state index is -3.92. The average molecular weight is 369 g/mol. The van der Waals surface area contributed by atoms with E-state index in [0.29, 0.717) is 11.4 Å². The Morgan fingerprint density at radius 2 is 1.85 bits per heavy atom. The van der Waals surface area contributed by atoms with Crippen molar-refractivity contribution in [3.05, 3.63) is 73.1 Å². The van der Waals surface area contributed by atoms with Crippen LogP contribution in [0.2, 0.25) is 0 Å². The molecule has 0 saturated carbocycles. The maximum absolute atomic E-state index is 13.9. The molecule has 6 nitrogen and oxygen atoms in total. The minimum absolute atomic E-state index is 0.0102. The summed E-state index contributed by atoms with van der Waals surface area (Å²) >= 11 is 0. The van der Waals surface area contributed by atoms with Crippen LogP contribution in [-0.4, -0.2) is 18.4 Å². The lowest BCUT2D eigenvalue weighted by Gasteiger charge is -2.11. The molecule has 2 heterocycles. The summed E-state index contributed by atoms with van der Waals surface area (Å²) < 4.78 is 47.1. The van der Waals surface area contributed by atoms with E-state index in [9.17, 15) is 12.8 Å². The van der Waals surface area contributed by atoms with E-state index in [1.807, 2.05) is 0 Å². The molecule has 130 valence electrons. The molecule has 4 aromatic rings. The zero-order chi connectivity index (χ0) is 18.1. The first-order chi connectivity index (χ1) is 12.5. The third kappa shape index (κ3) is 2.91. The van der Waals surface area contributed by atoms with Gasteiger partial charge in [-0.2, -0.15) is 0 Å². The number of hydrogen-bond acceptors (Lipinski definition) is 5. The molecule has 1 N–H and O–H groups in total. The third-order valence-corrected chi connectivity index (χ3v) is 5.26. The summed E-state index contributed by atoms with van der Waals surface area (Å²) in [7, 11) is -3.92. The van der Waals surface area contributed by atoms with E-state index in [2.05, 4.69) is 14.7 Å². The van der Waals surface area contributed by atoms with E-state index in [-0.39, 0.29) is 15.8 Å². The van der Waals surface area contributed by atoms with Gasteiger partial charge in [-0.05, 0) is 48.5 Å². The third-order valence-electron chi connectivity index (χ3n) is 3.82. The SMILES string of the molecule is O=S(=O)(Nc1ccc(-c2cnco2)cc1)c1ccc(F)c2ncccc12. The van der Waals surface area contributed by atoms with Gasteiger partial charge in [0.2, 0.25) is 0 Å². The van der Waals surface area contributed by atoms with E-state index >= 15 is 0 Å². The van der Waals surface area contributed by atoms with Crippen LogP contribution in [-0.2, 0) is 10.0 Å². The molecule has 4 rings (SSSR count). The van der Waals surface area contributed by atoms with E-state index in [0.717, 1.165) is 11.6 Å². The molecule has 0 aliphatic heterocycles. The normalized spacial score (nSPS) is 11.6. The van der Waals surface area contributed by atoms with Crippen molar-refractivity contribution >= 4 is 26.6 Å². The number of aromatic nitrogens is 2. The number of benzene rings is 2. The van der Waals surface area contributed by atoms with Gasteiger partial charge in [-0.3, -0.25) is 9.71 Å². The lowest BCUT2D eigenvalue weighted by molar-refractivity contribution is 0.572. The Labute approximate surface area is 148 Å². The number of nitrogens with zero attached hydrogens (tertiary/aromatic N) is 2.